The van der Waals surface area contributed by atoms with Gasteiger partial charge in [-0.25, -0.2) is 9.59 Å². The predicted molar refractivity (Wildman–Crippen MR) is 99.4 cm³/mol. The van der Waals surface area contributed by atoms with Crippen LogP contribution in [0.2, 0.25) is 0 Å². The van der Waals surface area contributed by atoms with E-state index >= 15 is 0 Å². The van der Waals surface area contributed by atoms with E-state index in [1.807, 2.05) is 0 Å². The third-order valence-electron chi connectivity index (χ3n) is 4.05. The molecule has 0 spiro atoms. The van der Waals surface area contributed by atoms with E-state index in [0.29, 0.717) is 34.0 Å². The van der Waals surface area contributed by atoms with Gasteiger partial charge in [-0.05, 0) is 48.0 Å². The number of ether oxygens (including phenoxy) is 4. The number of benzene rings is 2. The van der Waals surface area contributed by atoms with Crippen molar-refractivity contribution in [1.29, 1.82) is 0 Å². The Morgan fingerprint density at radius 1 is 0.963 bits per heavy atom. The molecule has 0 fully saturated rings. The van der Waals surface area contributed by atoms with Crippen LogP contribution in [0.3, 0.4) is 0 Å². The highest BCUT2D eigenvalue weighted by atomic mass is 16.5. The smallest absolute Gasteiger partial charge is 0.343 e. The molecular formula is C21H18O6. The second-order valence-corrected chi connectivity index (χ2v) is 5.68. The van der Waals surface area contributed by atoms with Gasteiger partial charge >= 0.3 is 11.9 Å². The molecule has 0 aliphatic carbocycles. The summed E-state index contributed by atoms with van der Waals surface area (Å²) in [4.78, 5) is 23.7. The number of carbonyl (C=O) groups is 2. The van der Waals surface area contributed by atoms with Crippen molar-refractivity contribution in [2.24, 2.45) is 0 Å². The van der Waals surface area contributed by atoms with Gasteiger partial charge in [-0.2, -0.15) is 0 Å². The highest BCUT2D eigenvalue weighted by Gasteiger charge is 2.23. The van der Waals surface area contributed by atoms with Crippen molar-refractivity contribution < 1.29 is 28.5 Å². The molecule has 0 N–H and O–H groups in total. The maximum absolute atomic E-state index is 12.2. The van der Waals surface area contributed by atoms with Gasteiger partial charge in [-0.1, -0.05) is 12.1 Å². The molecular weight excluding hydrogens is 348 g/mol. The lowest BCUT2D eigenvalue weighted by atomic mass is 10.1. The van der Waals surface area contributed by atoms with Crippen LogP contribution in [-0.2, 0) is 14.3 Å². The fourth-order valence-corrected chi connectivity index (χ4v) is 2.63. The number of hydrogen-bond acceptors (Lipinski definition) is 6. The Labute approximate surface area is 156 Å². The number of rotatable bonds is 5. The van der Waals surface area contributed by atoms with Crippen LogP contribution in [0.25, 0.3) is 11.8 Å². The van der Waals surface area contributed by atoms with E-state index in [1.54, 1.807) is 68.8 Å². The van der Waals surface area contributed by atoms with Crippen LogP contribution in [0, 0.1) is 0 Å². The van der Waals surface area contributed by atoms with Crippen LogP contribution >= 0.6 is 0 Å². The normalized spacial score (nSPS) is 14.6. The molecule has 138 valence electrons. The van der Waals surface area contributed by atoms with E-state index in [9.17, 15) is 9.59 Å². The second kappa shape index (κ2) is 7.78. The Morgan fingerprint density at radius 2 is 1.67 bits per heavy atom. The van der Waals surface area contributed by atoms with Crippen LogP contribution in [-0.4, -0.2) is 33.3 Å². The molecule has 6 nitrogen and oxygen atoms in total. The molecule has 1 aliphatic rings. The molecule has 2 aromatic carbocycles. The summed E-state index contributed by atoms with van der Waals surface area (Å²) < 4.78 is 20.5. The minimum Gasteiger partial charge on any atom is -0.493 e. The zero-order valence-electron chi connectivity index (χ0n) is 15.1. The molecule has 0 bridgehead atoms. The first-order valence-electron chi connectivity index (χ1n) is 8.12. The van der Waals surface area contributed by atoms with Crippen molar-refractivity contribution in [3.63, 3.8) is 0 Å². The minimum absolute atomic E-state index is 0.408. The summed E-state index contributed by atoms with van der Waals surface area (Å²) in [6.45, 7) is 0. The number of hydrogen-bond donors (Lipinski definition) is 0. The highest BCUT2D eigenvalue weighted by Crippen LogP contribution is 2.34. The van der Waals surface area contributed by atoms with E-state index in [1.165, 1.54) is 7.11 Å². The molecule has 27 heavy (non-hydrogen) atoms. The zero-order chi connectivity index (χ0) is 19.4. The summed E-state index contributed by atoms with van der Waals surface area (Å²) in [5, 5.41) is 0. The Bertz CT molecular complexity index is 938. The highest BCUT2D eigenvalue weighted by molar-refractivity contribution is 6.05. The summed E-state index contributed by atoms with van der Waals surface area (Å²) >= 11 is 0. The van der Waals surface area contributed by atoms with Crippen molar-refractivity contribution in [3.8, 4) is 11.5 Å². The third kappa shape index (κ3) is 3.84. The Balaban J connectivity index is 1.88. The summed E-state index contributed by atoms with van der Waals surface area (Å²) in [5.74, 6) is 0.704. The lowest BCUT2D eigenvalue weighted by Crippen LogP contribution is -2.00. The maximum atomic E-state index is 12.2. The number of methoxy groups -OCH3 is 3. The molecule has 0 unspecified atom stereocenters. The molecule has 0 radical (unpaired) electrons. The van der Waals surface area contributed by atoms with Crippen molar-refractivity contribution in [2.75, 3.05) is 21.3 Å². The lowest BCUT2D eigenvalue weighted by Gasteiger charge is -2.09. The van der Waals surface area contributed by atoms with E-state index in [0.717, 1.165) is 5.56 Å². The summed E-state index contributed by atoms with van der Waals surface area (Å²) in [6, 6.07) is 12.0. The van der Waals surface area contributed by atoms with Gasteiger partial charge in [-0.3, -0.25) is 0 Å². The predicted octanol–water partition coefficient (Wildman–Crippen LogP) is 3.47. The molecule has 3 rings (SSSR count). The van der Waals surface area contributed by atoms with Gasteiger partial charge in [0.1, 0.15) is 5.76 Å². The Hall–Kier alpha value is -3.54. The first kappa shape index (κ1) is 18.3. The van der Waals surface area contributed by atoms with E-state index in [2.05, 4.69) is 4.74 Å². The van der Waals surface area contributed by atoms with Crippen molar-refractivity contribution >= 4 is 23.8 Å². The maximum Gasteiger partial charge on any atom is 0.343 e. The molecule has 0 amide bonds. The van der Waals surface area contributed by atoms with Crippen molar-refractivity contribution in [2.45, 2.75) is 0 Å². The monoisotopic (exact) mass is 366 g/mol. The first-order chi connectivity index (χ1) is 13.0. The standard InChI is InChI=1S/C21H18O6/c1-24-17-9-8-15(11-19(17)25-2)18-12-16(21(23)27-18)10-13-4-6-14(7-5-13)20(22)26-3/h4-12H,1-3H3/b16-10-. The fourth-order valence-electron chi connectivity index (χ4n) is 2.63. The lowest BCUT2D eigenvalue weighted by molar-refractivity contribution is -0.130. The molecule has 0 atom stereocenters. The van der Waals surface area contributed by atoms with Gasteiger partial charge in [0, 0.05) is 5.56 Å². The van der Waals surface area contributed by atoms with Crippen LogP contribution in [0.1, 0.15) is 21.5 Å². The molecule has 1 heterocycles. The molecule has 2 aromatic rings. The molecule has 0 aromatic heterocycles. The Kier molecular flexibility index (Phi) is 5.26. The summed E-state index contributed by atoms with van der Waals surface area (Å²) in [5.41, 5.74) is 2.31. The van der Waals surface area contributed by atoms with E-state index in [-0.39, 0.29) is 0 Å². The van der Waals surface area contributed by atoms with Gasteiger partial charge in [0.25, 0.3) is 0 Å². The van der Waals surface area contributed by atoms with E-state index < -0.39 is 11.9 Å². The summed E-state index contributed by atoms with van der Waals surface area (Å²) in [7, 11) is 4.42. The zero-order valence-corrected chi connectivity index (χ0v) is 15.1. The Morgan fingerprint density at radius 3 is 2.30 bits per heavy atom. The van der Waals surface area contributed by atoms with Gasteiger partial charge < -0.3 is 18.9 Å². The molecule has 0 saturated heterocycles. The molecule has 1 aliphatic heterocycles. The average molecular weight is 366 g/mol. The quantitative estimate of drug-likeness (QED) is 0.596. The average Bonchev–Trinajstić information content (AvgIpc) is 3.07. The topological polar surface area (TPSA) is 71.1 Å². The molecule has 6 heteroatoms. The van der Waals surface area contributed by atoms with Gasteiger partial charge in [0.15, 0.2) is 11.5 Å². The van der Waals surface area contributed by atoms with Crippen molar-refractivity contribution in [1.82, 2.24) is 0 Å². The largest absolute Gasteiger partial charge is 0.493 e. The second-order valence-electron chi connectivity index (χ2n) is 5.68. The van der Waals surface area contributed by atoms with Crippen LogP contribution in [0.15, 0.2) is 54.1 Å². The fraction of sp³-hybridized carbons (Fsp3) is 0.143. The first-order valence-corrected chi connectivity index (χ1v) is 8.12. The van der Waals surface area contributed by atoms with Crippen molar-refractivity contribution in [3.05, 3.63) is 70.8 Å². The number of carbonyl (C=O) groups excluding carboxylic acids is 2. The third-order valence-corrected chi connectivity index (χ3v) is 4.05. The minimum atomic E-state index is -0.447. The number of cyclic esters (lactones) is 1. The van der Waals surface area contributed by atoms with Crippen LogP contribution in [0.5, 0.6) is 11.5 Å². The molecule has 0 saturated carbocycles. The van der Waals surface area contributed by atoms with E-state index in [4.69, 9.17) is 14.2 Å². The van der Waals surface area contributed by atoms with Gasteiger partial charge in [0.2, 0.25) is 0 Å². The van der Waals surface area contributed by atoms with Crippen LogP contribution in [0.4, 0.5) is 0 Å². The summed E-state index contributed by atoms with van der Waals surface area (Å²) in [6.07, 6.45) is 3.36. The van der Waals surface area contributed by atoms with Crippen LogP contribution < -0.4 is 9.47 Å². The number of esters is 2. The van der Waals surface area contributed by atoms with Gasteiger partial charge in [0.05, 0.1) is 32.5 Å². The van der Waals surface area contributed by atoms with Gasteiger partial charge in [-0.15, -0.1) is 0 Å². The SMILES string of the molecule is COC(=O)c1ccc(/C=C2/C=C(c3ccc(OC)c(OC)c3)OC2=O)cc1.